The minimum atomic E-state index is -1.95. The molecule has 0 aromatic carbocycles. The number of nitrogens with one attached hydrogen (secondary N) is 2. The maximum atomic E-state index is 14.5. The minimum absolute atomic E-state index is 0.000502. The van der Waals surface area contributed by atoms with E-state index in [1.165, 1.54) is 48.8 Å². The monoisotopic (exact) mass is 2110 g/mol. The van der Waals surface area contributed by atoms with Gasteiger partial charge in [-0.15, -0.1) is 0 Å². The number of ether oxygens (including phenoxy) is 15. The lowest BCUT2D eigenvalue weighted by atomic mass is 9.73. The molecule has 0 aromatic rings. The summed E-state index contributed by atoms with van der Waals surface area (Å²) in [5.41, 5.74) is -7.94. The van der Waals surface area contributed by atoms with Gasteiger partial charge in [0.1, 0.15) is 72.4 Å². The zero-order valence-corrected chi connectivity index (χ0v) is 94.8. The zero-order valence-electron chi connectivity index (χ0n) is 94.8. The van der Waals surface area contributed by atoms with Gasteiger partial charge < -0.3 is 152 Å². The Bertz CT molecular complexity index is 4120. The number of aliphatic hydroxyl groups excluding tert-OH is 6. The molecule has 7 fully saturated rings. The van der Waals surface area contributed by atoms with Crippen LogP contribution in [-0.2, 0) is 114 Å². The Balaban J connectivity index is 0.000000389. The summed E-state index contributed by atoms with van der Waals surface area (Å²) < 4.78 is 90.3. The van der Waals surface area contributed by atoms with Crippen LogP contribution in [0.1, 0.15) is 264 Å². The van der Waals surface area contributed by atoms with Crippen LogP contribution in [0.2, 0.25) is 0 Å². The molecule has 147 heavy (non-hydrogen) atoms. The number of carbonyl (C=O) groups is 8. The summed E-state index contributed by atoms with van der Waals surface area (Å²) in [5.74, 6) is -11.5. The number of amides is 3. The molecule has 0 aromatic heterocycles. The van der Waals surface area contributed by atoms with Crippen molar-refractivity contribution in [3.05, 3.63) is 0 Å². The van der Waals surface area contributed by atoms with Crippen molar-refractivity contribution in [3.63, 3.8) is 0 Å². The molecular formula is C105H191N7O35. The second kappa shape index (κ2) is 57.2. The molecule has 12 N–H and O–H groups in total. The Morgan fingerprint density at radius 3 is 1.52 bits per heavy atom. The van der Waals surface area contributed by atoms with Gasteiger partial charge in [0.15, 0.2) is 30.3 Å². The first-order valence-corrected chi connectivity index (χ1v) is 52.8. The minimum Gasteiger partial charge on any atom is -0.459 e. The maximum absolute atomic E-state index is 14.5. The van der Waals surface area contributed by atoms with Crippen molar-refractivity contribution in [1.29, 1.82) is 0 Å². The summed E-state index contributed by atoms with van der Waals surface area (Å²) in [7, 11) is 13.8. The van der Waals surface area contributed by atoms with Crippen molar-refractivity contribution in [2.45, 2.75) is 451 Å². The Hall–Kier alpha value is -5.57. The molecule has 7 aliphatic rings. The van der Waals surface area contributed by atoms with Crippen LogP contribution >= 0.6 is 0 Å². The van der Waals surface area contributed by atoms with Crippen LogP contribution < -0.4 is 10.8 Å². The van der Waals surface area contributed by atoms with E-state index < -0.39 is 251 Å². The van der Waals surface area contributed by atoms with E-state index in [2.05, 4.69) is 16.0 Å². The maximum Gasteiger partial charge on any atom is 0.410 e. The Morgan fingerprint density at radius 1 is 0.531 bits per heavy atom. The number of methoxy groups -OCH3 is 3. The molecule has 7 saturated heterocycles. The van der Waals surface area contributed by atoms with Gasteiger partial charge in [-0.2, -0.15) is 0 Å². The third-order valence-electron chi connectivity index (χ3n) is 31.8. The van der Waals surface area contributed by atoms with E-state index in [-0.39, 0.29) is 119 Å². The molecule has 42 atom stereocenters. The lowest BCUT2D eigenvalue weighted by Gasteiger charge is -2.48. The van der Waals surface area contributed by atoms with E-state index in [4.69, 9.17) is 80.7 Å². The largest absolute Gasteiger partial charge is 0.459 e. The summed E-state index contributed by atoms with van der Waals surface area (Å²) in [6, 6.07) is -1.83. The van der Waals surface area contributed by atoms with Crippen molar-refractivity contribution >= 4 is 53.1 Å². The average molecular weight is 2110 g/mol. The number of cyclic esters (lactones) is 3. The molecule has 0 bridgehead atoms. The van der Waals surface area contributed by atoms with Gasteiger partial charge in [0.2, 0.25) is 18.6 Å². The molecule has 0 aliphatic carbocycles. The molecule has 3 amide bonds. The highest BCUT2D eigenvalue weighted by atomic mass is 16.8. The smallest absolute Gasteiger partial charge is 0.410 e. The number of aliphatic hydroxyl groups is 10. The first-order chi connectivity index (χ1) is 68.1. The number of hydrogen-bond acceptors (Lipinski definition) is 39. The number of Topliss-reactive ketones (excluding diaryl/α,β-unsaturated/α-hetero) is 2. The fraction of sp³-hybridized carbons (Fsp3) is 0.914. The third-order valence-corrected chi connectivity index (χ3v) is 31.8. The summed E-state index contributed by atoms with van der Waals surface area (Å²) in [6.45, 7) is 48.1. The number of fused-ring (bicyclic) bond motifs is 1. The molecule has 0 radical (unpaired) electrons. The van der Waals surface area contributed by atoms with E-state index in [1.54, 1.807) is 137 Å². The van der Waals surface area contributed by atoms with Crippen molar-refractivity contribution < 1.29 is 170 Å². The number of likely N-dealkylation sites (N-methyl/N-ethyl adjacent to an activating group) is 3. The molecule has 0 saturated carbocycles. The fourth-order valence-corrected chi connectivity index (χ4v) is 23.0. The summed E-state index contributed by atoms with van der Waals surface area (Å²) in [5, 5.41) is 123. The van der Waals surface area contributed by atoms with E-state index in [0.717, 1.165) is 0 Å². The van der Waals surface area contributed by atoms with Gasteiger partial charge in [-0.3, -0.25) is 38.4 Å². The Labute approximate surface area is 873 Å². The van der Waals surface area contributed by atoms with Crippen molar-refractivity contribution in [3.8, 4) is 0 Å². The van der Waals surface area contributed by atoms with Crippen LogP contribution in [-0.4, -0.2) is 413 Å². The highest BCUT2D eigenvalue weighted by molar-refractivity contribution is 5.89. The number of esters is 3. The topological polar surface area (TPSA) is 545 Å². The van der Waals surface area contributed by atoms with Crippen LogP contribution in [0.15, 0.2) is 5.16 Å². The normalized spacial score (nSPS) is 42.9. The van der Waals surface area contributed by atoms with Crippen LogP contribution in [0, 0.1) is 65.1 Å². The van der Waals surface area contributed by atoms with Crippen molar-refractivity contribution in [2.75, 3.05) is 103 Å². The number of oxime groups is 1. The van der Waals surface area contributed by atoms with Crippen LogP contribution in [0.5, 0.6) is 0 Å². The predicted molar refractivity (Wildman–Crippen MR) is 542 cm³/mol. The van der Waals surface area contributed by atoms with Crippen molar-refractivity contribution in [2.24, 2.45) is 70.3 Å². The second-order valence-electron chi connectivity index (χ2n) is 45.2. The average Bonchev–Trinajstić information content (AvgIpc) is 1.59. The number of hydroxylamine groups is 1. The first-order valence-electron chi connectivity index (χ1n) is 52.8. The van der Waals surface area contributed by atoms with Crippen molar-refractivity contribution in [1.82, 2.24) is 30.4 Å². The van der Waals surface area contributed by atoms with Gasteiger partial charge in [-0.05, 0) is 209 Å². The van der Waals surface area contributed by atoms with Gasteiger partial charge >= 0.3 is 24.0 Å². The second-order valence-corrected chi connectivity index (χ2v) is 45.2. The number of rotatable bonds is 29. The number of unbranched alkanes of at least 4 members (excludes halogenated alkanes) is 1. The lowest BCUT2D eigenvalue weighted by molar-refractivity contribution is -0.301. The van der Waals surface area contributed by atoms with Gasteiger partial charge in [0.05, 0.1) is 120 Å². The molecule has 7 aliphatic heterocycles. The lowest BCUT2D eigenvalue weighted by Crippen LogP contribution is -2.60. The van der Waals surface area contributed by atoms with Gasteiger partial charge in [0.25, 0.3) is 0 Å². The summed E-state index contributed by atoms with van der Waals surface area (Å²) in [6.07, 6.45) is -16.8. The quantitative estimate of drug-likeness (QED) is 0.0128. The highest BCUT2D eigenvalue weighted by Crippen LogP contribution is 2.47. The molecule has 7 rings (SSSR count). The standard InChI is InChI=1S/C37H65N3O11.C36H65NO14.C32H61N3O10/c1-13-27-37(9)31(40(35(46)51-37)17-15-14-16-38-25(7)41)22(4)28(42)20(2)19-36(8,47-12)32(23(5)29(43)24(6)33(45)49-27)50-34-30(44)26(39(10)11)18-21(3)48-34;1-13-26-36(10,43)30(39)22(4)28(37-48-19-46-15-14-44-11)20(2)16-34(8,42)32(47-18-21(3)38)23(5)29(24(6)33(41)50-26)51-27-17-35(9,45-12)31(40)25(7)49-27;1-13-24-32(9,41)27(38)21(6)35(12)16-17(2)15-31(8,40)28(44-30-25(37)23(34(10)11)14-18(3)42-30)19(4)26(45-33-22(7)36)20(5)29(39)43-24/h20-24,26-27,29-32,34,43-44H,13-19H2,1-12H3,(H,38,41);20,22-27,29-32,39-40,42-43H,13-19H2,1-12H3;17-21,23-28,30,37-38,40-41H,13-16H2,1-12H3,(H,33,36)/b;37-28+;/t20-,21-,22+,23+,24-,26+,27-,29+,30-,31-,32-,34+,36-,37-;20-,22+,23+,24-,25?,26-,27+,29+,30+,31+,32-,34-,35?,36-;17-,18?,19+,20-,21-,23?,24-,25?,26+,27-,28-,30+,31-,32-/m111/s1. The molecule has 7 heterocycles. The van der Waals surface area contributed by atoms with Gasteiger partial charge in [-0.1, -0.05) is 81.3 Å². The molecule has 42 heteroatoms. The Kier molecular flexibility index (Phi) is 51.3. The summed E-state index contributed by atoms with van der Waals surface area (Å²) >= 11 is 0. The number of ketones is 2. The molecule has 42 nitrogen and oxygen atoms in total. The van der Waals surface area contributed by atoms with E-state index >= 15 is 0 Å². The van der Waals surface area contributed by atoms with Gasteiger partial charge in [0, 0.05) is 121 Å². The first kappa shape index (κ1) is 132. The molecular weight excluding hydrogens is 1920 g/mol. The van der Waals surface area contributed by atoms with Crippen LogP contribution in [0.4, 0.5) is 4.79 Å². The molecule has 0 spiro atoms. The summed E-state index contributed by atoms with van der Waals surface area (Å²) in [4.78, 5) is 124. The highest BCUT2D eigenvalue weighted by Gasteiger charge is 2.62. The Morgan fingerprint density at radius 2 is 1.03 bits per heavy atom. The number of hydrogen-bond donors (Lipinski definition) is 12. The van der Waals surface area contributed by atoms with E-state index in [0.29, 0.717) is 51.1 Å². The molecule has 5 unspecified atom stereocenters. The SMILES string of the molecule is CC[C@H]1OC(=O)[C@H](C)[C@@H](O)[C@H](C)[C@@H](O[C@@H]2O[C@H](C)C[C@H](N(C)C)[C@H]2O)[C@](C)(OC)C[C@@H](C)C(=O)[C@H](C)[C@H]2N(CCCCNC(C)=O)C(=O)O[C@]12C.CC[C@H]1OC(=O)[C@H](C)[C@@H](ONC(C)=O)[C@H](C)[C@@H](O[C@@H]2OC(C)CC(N(C)C)C2O)[C@](C)(O)C[C@@H](C)CN(C)[C@H](C)[C@@H](O)[C@]1(C)O.CC[C@H]1OC(=O)[C@H](C)[C@@H](O[C@H]2CC(C)(OC)[C@@H](O)C(C)O2)[C@H](C)[C@@H](OCC(C)=O)[C@](C)(O)C[C@@H](C)/C(=N\OCOCCOC)[C@H](C)[C@H](O)[C@]1(C)O. The van der Waals surface area contributed by atoms with E-state index in [9.17, 15) is 89.4 Å². The van der Waals surface area contributed by atoms with Crippen LogP contribution in [0.3, 0.4) is 0 Å². The predicted octanol–water partition coefficient (Wildman–Crippen LogP) is 6.32. The van der Waals surface area contributed by atoms with Gasteiger partial charge in [-0.25, -0.2) is 10.3 Å². The van der Waals surface area contributed by atoms with E-state index in [1.807, 2.05) is 84.6 Å². The number of nitrogens with zero attached hydrogens (tertiary/aromatic N) is 5. The fourth-order valence-electron chi connectivity index (χ4n) is 23.0. The number of carbonyl (C=O) groups excluding carboxylic acids is 8. The van der Waals surface area contributed by atoms with Crippen LogP contribution in [0.25, 0.3) is 0 Å². The third kappa shape index (κ3) is 34.0. The molecule has 856 valence electrons. The zero-order chi connectivity index (χ0) is 112.